The van der Waals surface area contributed by atoms with E-state index in [1.807, 2.05) is 25.1 Å². The molecule has 3 aliphatic heterocycles. The van der Waals surface area contributed by atoms with Crippen molar-refractivity contribution in [3.63, 3.8) is 0 Å². The van der Waals surface area contributed by atoms with E-state index in [-0.39, 0.29) is 11.9 Å². The van der Waals surface area contributed by atoms with E-state index in [0.29, 0.717) is 12.6 Å². The van der Waals surface area contributed by atoms with Crippen molar-refractivity contribution >= 4 is 22.2 Å². The van der Waals surface area contributed by atoms with Gasteiger partial charge in [0, 0.05) is 23.7 Å². The number of carbonyl (C=O) groups is 1. The lowest BCUT2D eigenvalue weighted by molar-refractivity contribution is -0.134. The molecule has 1 aromatic rings. The lowest BCUT2D eigenvalue weighted by Crippen LogP contribution is -2.70. The van der Waals surface area contributed by atoms with Gasteiger partial charge in [0.15, 0.2) is 0 Å². The third-order valence-corrected chi connectivity index (χ3v) is 5.75. The number of anilines is 1. The number of allylic oxidation sites excluding steroid dienone is 1. The highest BCUT2D eigenvalue weighted by molar-refractivity contribution is 7.16. The Labute approximate surface area is 148 Å². The molecule has 0 spiro atoms. The number of rotatable bonds is 7. The van der Waals surface area contributed by atoms with Gasteiger partial charge in [-0.2, -0.15) is 0 Å². The molecule has 0 aliphatic carbocycles. The summed E-state index contributed by atoms with van der Waals surface area (Å²) in [6, 6.07) is 4.46. The Morgan fingerprint density at radius 2 is 2.29 bits per heavy atom. The summed E-state index contributed by atoms with van der Waals surface area (Å²) in [7, 11) is 4.07. The van der Waals surface area contributed by atoms with Crippen molar-refractivity contribution in [1.29, 1.82) is 0 Å². The Hall–Kier alpha value is -1.63. The predicted molar refractivity (Wildman–Crippen MR) is 100 cm³/mol. The van der Waals surface area contributed by atoms with Crippen LogP contribution in [0, 0.1) is 0 Å². The minimum absolute atomic E-state index is 0.0553. The van der Waals surface area contributed by atoms with E-state index in [1.165, 1.54) is 4.88 Å². The number of nitrogens with two attached hydrogens (primary N) is 1. The summed E-state index contributed by atoms with van der Waals surface area (Å²) in [6.45, 7) is 6.43. The molecule has 2 unspecified atom stereocenters. The first-order chi connectivity index (χ1) is 11.5. The summed E-state index contributed by atoms with van der Waals surface area (Å²) in [5.41, 5.74) is 6.56. The molecular formula is C18H26N4OS. The van der Waals surface area contributed by atoms with E-state index in [9.17, 15) is 4.79 Å². The number of hydrogen-bond donors (Lipinski definition) is 1. The maximum absolute atomic E-state index is 12.8. The Kier molecular flexibility index (Phi) is 5.08. The van der Waals surface area contributed by atoms with Gasteiger partial charge in [-0.1, -0.05) is 12.7 Å². The molecule has 2 atom stereocenters. The van der Waals surface area contributed by atoms with Crippen molar-refractivity contribution < 1.29 is 4.79 Å². The van der Waals surface area contributed by atoms with Crippen molar-refractivity contribution in [2.24, 2.45) is 5.73 Å². The van der Waals surface area contributed by atoms with Gasteiger partial charge in [0.1, 0.15) is 6.04 Å². The monoisotopic (exact) mass is 346 g/mol. The fourth-order valence-electron chi connectivity index (χ4n) is 3.37. The van der Waals surface area contributed by atoms with Gasteiger partial charge >= 0.3 is 0 Å². The predicted octanol–water partition coefficient (Wildman–Crippen LogP) is 1.67. The number of fused-ring (bicyclic) bond motifs is 2. The largest absolute Gasteiger partial charge is 0.355 e. The van der Waals surface area contributed by atoms with E-state index < -0.39 is 0 Å². The summed E-state index contributed by atoms with van der Waals surface area (Å²) in [5, 5.41) is 1.05. The highest BCUT2D eigenvalue weighted by Crippen LogP contribution is 2.40. The highest BCUT2D eigenvalue weighted by atomic mass is 32.1. The zero-order valence-corrected chi connectivity index (χ0v) is 15.3. The van der Waals surface area contributed by atoms with Gasteiger partial charge in [0.2, 0.25) is 5.91 Å². The number of amides is 1. The number of likely N-dealkylation sites (N-methyl/N-ethyl adjacent to an activating group) is 1. The number of thiophene rings is 1. The number of hydrogen-bond acceptors (Lipinski definition) is 5. The van der Waals surface area contributed by atoms with Gasteiger partial charge in [-0.05, 0) is 51.7 Å². The standard InChI is InChI=1S/C18H26N4OS/c1-13(5-4-10-20(2)3)22-14-11-16(22)18(23)21(12-14)17-7-6-15(24-17)8-9-19/h4-7,14,16H,1,8-12,19H2,2-3H3/b5-4+. The van der Waals surface area contributed by atoms with Gasteiger partial charge < -0.3 is 15.5 Å². The van der Waals surface area contributed by atoms with E-state index in [2.05, 4.69) is 34.6 Å². The average molecular weight is 347 g/mol. The van der Waals surface area contributed by atoms with E-state index in [1.54, 1.807) is 11.3 Å². The van der Waals surface area contributed by atoms with Crippen LogP contribution in [-0.4, -0.2) is 61.5 Å². The van der Waals surface area contributed by atoms with Crippen molar-refractivity contribution in [2.45, 2.75) is 24.9 Å². The molecule has 3 fully saturated rings. The molecule has 1 aromatic heterocycles. The van der Waals surface area contributed by atoms with Crippen molar-refractivity contribution in [3.05, 3.63) is 41.4 Å². The molecule has 2 bridgehead atoms. The van der Waals surface area contributed by atoms with Crippen LogP contribution in [0.5, 0.6) is 0 Å². The molecule has 0 aromatic carbocycles. The molecular weight excluding hydrogens is 320 g/mol. The van der Waals surface area contributed by atoms with Crippen LogP contribution in [0.15, 0.2) is 36.6 Å². The van der Waals surface area contributed by atoms with E-state index in [0.717, 1.165) is 36.6 Å². The molecule has 6 heteroatoms. The maximum Gasteiger partial charge on any atom is 0.250 e. The van der Waals surface area contributed by atoms with Crippen LogP contribution in [-0.2, 0) is 11.2 Å². The molecule has 4 rings (SSSR count). The third kappa shape index (κ3) is 3.27. The normalized spacial score (nSPS) is 23.2. The van der Waals surface area contributed by atoms with Gasteiger partial charge in [-0.25, -0.2) is 0 Å². The van der Waals surface area contributed by atoms with Crippen LogP contribution >= 0.6 is 11.3 Å². The van der Waals surface area contributed by atoms with Crippen LogP contribution in [0.1, 0.15) is 11.3 Å². The van der Waals surface area contributed by atoms with Crippen molar-refractivity contribution in [3.8, 4) is 0 Å². The fourth-order valence-corrected chi connectivity index (χ4v) is 4.41. The zero-order chi connectivity index (χ0) is 17.3. The van der Waals surface area contributed by atoms with Crippen molar-refractivity contribution in [1.82, 2.24) is 9.80 Å². The summed E-state index contributed by atoms with van der Waals surface area (Å²) >= 11 is 1.68. The Morgan fingerprint density at radius 1 is 1.50 bits per heavy atom. The number of nitrogens with zero attached hydrogens (tertiary/aromatic N) is 3. The minimum Gasteiger partial charge on any atom is -0.355 e. The first-order valence-corrected chi connectivity index (χ1v) is 9.21. The number of piperidine rings is 1. The van der Waals surface area contributed by atoms with Crippen LogP contribution < -0.4 is 10.6 Å². The van der Waals surface area contributed by atoms with Crippen LogP contribution in [0.4, 0.5) is 5.00 Å². The van der Waals surface area contributed by atoms with Gasteiger partial charge in [0.05, 0.1) is 11.0 Å². The first-order valence-electron chi connectivity index (χ1n) is 8.40. The fraction of sp³-hybridized carbons (Fsp3) is 0.500. The first kappa shape index (κ1) is 17.2. The van der Waals surface area contributed by atoms with Gasteiger partial charge in [-0.15, -0.1) is 11.3 Å². The number of piperazine rings is 1. The van der Waals surface area contributed by atoms with E-state index in [4.69, 9.17) is 5.73 Å². The van der Waals surface area contributed by atoms with Crippen LogP contribution in [0.3, 0.4) is 0 Å². The summed E-state index contributed by atoms with van der Waals surface area (Å²) < 4.78 is 0. The molecule has 0 saturated carbocycles. The molecule has 3 aliphatic rings. The number of carbonyl (C=O) groups excluding carboxylic acids is 1. The maximum atomic E-state index is 12.8. The van der Waals surface area contributed by atoms with Crippen molar-refractivity contribution in [2.75, 3.05) is 38.6 Å². The average Bonchev–Trinajstić information content (AvgIpc) is 2.95. The second-order valence-electron chi connectivity index (χ2n) is 6.70. The Balaban J connectivity index is 1.65. The second-order valence-corrected chi connectivity index (χ2v) is 7.84. The smallest absolute Gasteiger partial charge is 0.250 e. The molecule has 0 radical (unpaired) electrons. The minimum atomic E-state index is -0.0553. The zero-order valence-electron chi connectivity index (χ0n) is 14.4. The van der Waals surface area contributed by atoms with Gasteiger partial charge in [-0.3, -0.25) is 9.69 Å². The molecule has 4 heterocycles. The third-order valence-electron chi connectivity index (χ3n) is 4.59. The second kappa shape index (κ2) is 7.09. The molecule has 5 nitrogen and oxygen atoms in total. The molecule has 3 saturated heterocycles. The lowest BCUT2D eigenvalue weighted by Gasteiger charge is -2.56. The Bertz CT molecular complexity index is 651. The van der Waals surface area contributed by atoms with E-state index >= 15 is 0 Å². The highest BCUT2D eigenvalue weighted by Gasteiger charge is 2.50. The summed E-state index contributed by atoms with van der Waals surface area (Å²) in [6.07, 6.45) is 5.94. The van der Waals surface area contributed by atoms with Crippen LogP contribution in [0.2, 0.25) is 0 Å². The van der Waals surface area contributed by atoms with Crippen LogP contribution in [0.25, 0.3) is 0 Å². The summed E-state index contributed by atoms with van der Waals surface area (Å²) in [5.74, 6) is 0.195. The molecule has 2 N–H and O–H groups in total. The van der Waals surface area contributed by atoms with Gasteiger partial charge in [0.25, 0.3) is 0 Å². The SMILES string of the molecule is C=C(/C=C/CN(C)C)N1C2CC1C(=O)N(c1ccc(CCN)s1)C2. The topological polar surface area (TPSA) is 52.8 Å². The Morgan fingerprint density at radius 3 is 2.96 bits per heavy atom. The molecule has 130 valence electrons. The molecule has 24 heavy (non-hydrogen) atoms. The summed E-state index contributed by atoms with van der Waals surface area (Å²) in [4.78, 5) is 20.3. The lowest BCUT2D eigenvalue weighted by atomic mass is 9.86. The molecule has 1 amide bonds. The quantitative estimate of drug-likeness (QED) is 0.763.